The van der Waals surface area contributed by atoms with Gasteiger partial charge in [-0.15, -0.1) is 0 Å². The molecule has 2 aliphatic carbocycles. The van der Waals surface area contributed by atoms with Crippen LogP contribution in [0.1, 0.15) is 43.5 Å². The topological polar surface area (TPSA) is 39.8 Å². The van der Waals surface area contributed by atoms with Gasteiger partial charge < -0.3 is 0 Å². The quantitative estimate of drug-likeness (QED) is 0.869. The first-order valence-electron chi connectivity index (χ1n) is 6.82. The van der Waals surface area contributed by atoms with E-state index in [4.69, 9.17) is 23.2 Å². The van der Waals surface area contributed by atoms with E-state index in [2.05, 4.69) is 9.67 Å². The average molecular weight is 310 g/mol. The maximum absolute atomic E-state index is 12.3. The zero-order valence-electron chi connectivity index (χ0n) is 10.7. The minimum Gasteiger partial charge on any atom is -0.259 e. The van der Waals surface area contributed by atoms with E-state index in [0.29, 0.717) is 22.0 Å². The van der Waals surface area contributed by atoms with Gasteiger partial charge in [-0.3, -0.25) is 4.68 Å². The zero-order chi connectivity index (χ0) is 13.9. The van der Waals surface area contributed by atoms with Crippen molar-refractivity contribution in [2.75, 3.05) is 0 Å². The van der Waals surface area contributed by atoms with Crippen molar-refractivity contribution in [2.45, 2.75) is 37.6 Å². The Balaban J connectivity index is 1.91. The molecule has 0 N–H and O–H groups in total. The standard InChI is InChI=1S/C14H13Cl2N3O/c15-11-6-5-10(7-12(11)16)19-14(20)17-13(8-1-2-8)18(19)9-3-4-9/h5-9H,1-4H2. The molecule has 0 radical (unpaired) electrons. The van der Waals surface area contributed by atoms with E-state index < -0.39 is 0 Å². The van der Waals surface area contributed by atoms with Gasteiger partial charge in [0.25, 0.3) is 0 Å². The van der Waals surface area contributed by atoms with Crippen LogP contribution in [0.2, 0.25) is 10.0 Å². The first-order chi connectivity index (χ1) is 9.65. The molecule has 2 aliphatic rings. The summed E-state index contributed by atoms with van der Waals surface area (Å²) in [7, 11) is 0. The summed E-state index contributed by atoms with van der Waals surface area (Å²) in [6.07, 6.45) is 4.47. The lowest BCUT2D eigenvalue weighted by Crippen LogP contribution is -2.21. The minimum atomic E-state index is -0.225. The molecule has 1 aromatic carbocycles. The summed E-state index contributed by atoms with van der Waals surface area (Å²) in [6, 6.07) is 5.65. The monoisotopic (exact) mass is 309 g/mol. The number of hydrogen-bond acceptors (Lipinski definition) is 2. The van der Waals surface area contributed by atoms with Gasteiger partial charge >= 0.3 is 5.69 Å². The zero-order valence-corrected chi connectivity index (χ0v) is 12.2. The highest BCUT2D eigenvalue weighted by Gasteiger charge is 2.37. The molecule has 6 heteroatoms. The summed E-state index contributed by atoms with van der Waals surface area (Å²) >= 11 is 12.0. The van der Waals surface area contributed by atoms with E-state index in [1.54, 1.807) is 16.8 Å². The van der Waals surface area contributed by atoms with Crippen LogP contribution in [0.4, 0.5) is 0 Å². The summed E-state index contributed by atoms with van der Waals surface area (Å²) in [6.45, 7) is 0. The average Bonchev–Trinajstić information content (AvgIpc) is 3.31. The Kier molecular flexibility index (Phi) is 2.72. The van der Waals surface area contributed by atoms with Crippen LogP contribution >= 0.6 is 23.2 Å². The highest BCUT2D eigenvalue weighted by Crippen LogP contribution is 2.44. The third kappa shape index (κ3) is 1.98. The van der Waals surface area contributed by atoms with E-state index in [1.807, 2.05) is 6.07 Å². The molecule has 1 aromatic heterocycles. The molecule has 0 saturated heterocycles. The Morgan fingerprint density at radius 1 is 1.10 bits per heavy atom. The first-order valence-corrected chi connectivity index (χ1v) is 7.57. The number of aromatic nitrogens is 3. The van der Waals surface area contributed by atoms with Crippen molar-refractivity contribution in [1.29, 1.82) is 0 Å². The van der Waals surface area contributed by atoms with Gasteiger partial charge in [-0.2, -0.15) is 9.67 Å². The lowest BCUT2D eigenvalue weighted by atomic mass is 10.3. The first kappa shape index (κ1) is 12.5. The Morgan fingerprint density at radius 2 is 1.85 bits per heavy atom. The number of rotatable bonds is 3. The van der Waals surface area contributed by atoms with Gasteiger partial charge in [0, 0.05) is 5.92 Å². The van der Waals surface area contributed by atoms with E-state index >= 15 is 0 Å². The molecule has 2 aromatic rings. The molecule has 4 nitrogen and oxygen atoms in total. The van der Waals surface area contributed by atoms with Crippen molar-refractivity contribution >= 4 is 23.2 Å². The van der Waals surface area contributed by atoms with Crippen LogP contribution < -0.4 is 5.69 Å². The van der Waals surface area contributed by atoms with Crippen molar-refractivity contribution in [1.82, 2.24) is 14.3 Å². The highest BCUT2D eigenvalue weighted by atomic mass is 35.5. The SMILES string of the molecule is O=c1nc(C2CC2)n(C2CC2)n1-c1ccc(Cl)c(Cl)c1. The normalized spacial score (nSPS) is 18.5. The van der Waals surface area contributed by atoms with Crippen molar-refractivity contribution < 1.29 is 0 Å². The van der Waals surface area contributed by atoms with Crippen molar-refractivity contribution in [3.63, 3.8) is 0 Å². The van der Waals surface area contributed by atoms with E-state index in [1.165, 1.54) is 0 Å². The summed E-state index contributed by atoms with van der Waals surface area (Å²) in [4.78, 5) is 16.5. The summed E-state index contributed by atoms with van der Waals surface area (Å²) in [5.41, 5.74) is 0.507. The number of hydrogen-bond donors (Lipinski definition) is 0. The lowest BCUT2D eigenvalue weighted by Gasteiger charge is -2.12. The Bertz CT molecular complexity index is 741. The van der Waals surface area contributed by atoms with Crippen LogP contribution in [-0.2, 0) is 0 Å². The molecule has 1 heterocycles. The second-order valence-corrected chi connectivity index (χ2v) is 6.33. The molecule has 0 amide bonds. The molecule has 0 atom stereocenters. The molecule has 0 unspecified atom stereocenters. The van der Waals surface area contributed by atoms with Crippen molar-refractivity contribution in [2.24, 2.45) is 0 Å². The Hall–Kier alpha value is -1.26. The smallest absolute Gasteiger partial charge is 0.259 e. The van der Waals surface area contributed by atoms with E-state index in [-0.39, 0.29) is 5.69 Å². The van der Waals surface area contributed by atoms with Crippen molar-refractivity contribution in [3.05, 3.63) is 44.6 Å². The highest BCUT2D eigenvalue weighted by molar-refractivity contribution is 6.42. The predicted octanol–water partition coefficient (Wildman–Crippen LogP) is 3.55. The predicted molar refractivity (Wildman–Crippen MR) is 78.1 cm³/mol. The molecule has 2 fully saturated rings. The van der Waals surface area contributed by atoms with Gasteiger partial charge in [-0.25, -0.2) is 4.79 Å². The summed E-state index contributed by atoms with van der Waals surface area (Å²) < 4.78 is 3.72. The van der Waals surface area contributed by atoms with Gasteiger partial charge in [0.1, 0.15) is 5.82 Å². The molecule has 104 valence electrons. The van der Waals surface area contributed by atoms with Crippen LogP contribution in [0.3, 0.4) is 0 Å². The minimum absolute atomic E-state index is 0.225. The van der Waals surface area contributed by atoms with Crippen LogP contribution in [0.15, 0.2) is 23.0 Å². The van der Waals surface area contributed by atoms with Crippen molar-refractivity contribution in [3.8, 4) is 5.69 Å². The Morgan fingerprint density at radius 3 is 2.45 bits per heavy atom. The molecule has 2 saturated carbocycles. The maximum Gasteiger partial charge on any atom is 0.368 e. The van der Waals surface area contributed by atoms with Gasteiger partial charge in [-0.1, -0.05) is 23.2 Å². The summed E-state index contributed by atoms with van der Waals surface area (Å²) in [5.74, 6) is 1.39. The fourth-order valence-corrected chi connectivity index (χ4v) is 2.82. The number of benzene rings is 1. The maximum atomic E-state index is 12.3. The van der Waals surface area contributed by atoms with Crippen LogP contribution in [0, 0.1) is 0 Å². The molecule has 0 spiro atoms. The fraction of sp³-hybridized carbons (Fsp3) is 0.429. The molecule has 4 rings (SSSR count). The third-order valence-electron chi connectivity index (χ3n) is 3.82. The molecule has 0 bridgehead atoms. The molecular weight excluding hydrogens is 297 g/mol. The van der Waals surface area contributed by atoms with Gasteiger partial charge in [-0.05, 0) is 43.9 Å². The van der Waals surface area contributed by atoms with Gasteiger partial charge in [0.15, 0.2) is 0 Å². The molecule has 0 aliphatic heterocycles. The Labute approximate surface area is 125 Å². The van der Waals surface area contributed by atoms with Crippen LogP contribution in [0.5, 0.6) is 0 Å². The second kappa shape index (κ2) is 4.37. The third-order valence-corrected chi connectivity index (χ3v) is 4.56. The van der Waals surface area contributed by atoms with Crippen LogP contribution in [0.25, 0.3) is 5.69 Å². The van der Waals surface area contributed by atoms with Crippen LogP contribution in [-0.4, -0.2) is 14.3 Å². The number of halogens is 2. The lowest BCUT2D eigenvalue weighted by molar-refractivity contribution is 0.534. The largest absolute Gasteiger partial charge is 0.368 e. The van der Waals surface area contributed by atoms with Gasteiger partial charge in [0.05, 0.1) is 21.8 Å². The molecular formula is C14H13Cl2N3O. The van der Waals surface area contributed by atoms with Gasteiger partial charge in [0.2, 0.25) is 0 Å². The van der Waals surface area contributed by atoms with E-state index in [0.717, 1.165) is 37.2 Å². The second-order valence-electron chi connectivity index (χ2n) is 5.51. The summed E-state index contributed by atoms with van der Waals surface area (Å²) in [5, 5.41) is 0.941. The fourth-order valence-electron chi connectivity index (χ4n) is 2.53. The van der Waals surface area contributed by atoms with E-state index in [9.17, 15) is 4.79 Å². The number of nitrogens with zero attached hydrogens (tertiary/aromatic N) is 3. The molecule has 20 heavy (non-hydrogen) atoms.